The molecule has 0 amide bonds. The van der Waals surface area contributed by atoms with Crippen LogP contribution in [0.1, 0.15) is 11.1 Å². The van der Waals surface area contributed by atoms with Crippen LogP contribution in [-0.4, -0.2) is 22.9 Å². The third-order valence-electron chi connectivity index (χ3n) is 3.78. The first-order chi connectivity index (χ1) is 12.9. The van der Waals surface area contributed by atoms with Gasteiger partial charge in [-0.15, -0.1) is 0 Å². The summed E-state index contributed by atoms with van der Waals surface area (Å²) >= 11 is 12.4. The molecule has 1 atom stereocenters. The zero-order chi connectivity index (χ0) is 19.9. The highest BCUT2D eigenvalue weighted by molar-refractivity contribution is 6.31. The van der Waals surface area contributed by atoms with E-state index in [2.05, 4.69) is 17.4 Å². The molecule has 1 aliphatic heterocycles. The van der Waals surface area contributed by atoms with Crippen LogP contribution in [-0.2, 0) is 5.41 Å². The lowest BCUT2D eigenvalue weighted by Crippen LogP contribution is -2.38. The van der Waals surface area contributed by atoms with Gasteiger partial charge in [0.25, 0.3) is 6.34 Å². The fourth-order valence-corrected chi connectivity index (χ4v) is 3.06. The molecular weight excluding hydrogens is 391 g/mol. The smallest absolute Gasteiger partial charge is 0.255 e. The lowest BCUT2D eigenvalue weighted by atomic mass is 9.75. The minimum atomic E-state index is -1.75. The topological polar surface area (TPSA) is 106 Å². The van der Waals surface area contributed by atoms with E-state index in [0.29, 0.717) is 16.6 Å². The summed E-state index contributed by atoms with van der Waals surface area (Å²) in [6.45, 7) is 0.356. The second-order valence-electron chi connectivity index (χ2n) is 5.38. The van der Waals surface area contributed by atoms with Gasteiger partial charge in [0.05, 0.1) is 17.7 Å². The molecule has 136 valence electrons. The van der Waals surface area contributed by atoms with Crippen LogP contribution in [0, 0.1) is 26.7 Å². The molecule has 0 bridgehead atoms. The van der Waals surface area contributed by atoms with Crippen LogP contribution in [0.5, 0.6) is 0 Å². The van der Waals surface area contributed by atoms with Gasteiger partial charge in [0.2, 0.25) is 6.20 Å². The highest BCUT2D eigenvalue weighted by Crippen LogP contribution is 2.37. The van der Waals surface area contributed by atoms with Crippen molar-refractivity contribution in [3.05, 3.63) is 97.4 Å². The molecule has 0 saturated heterocycles. The monoisotopic (exact) mass is 402 g/mol. The number of hydrogen-bond donors (Lipinski definition) is 0. The van der Waals surface area contributed by atoms with E-state index in [9.17, 15) is 5.26 Å². The summed E-state index contributed by atoms with van der Waals surface area (Å²) in [7, 11) is 0. The van der Waals surface area contributed by atoms with Crippen molar-refractivity contribution in [1.82, 2.24) is 4.90 Å². The summed E-state index contributed by atoms with van der Waals surface area (Å²) in [6.07, 6.45) is 6.26. The summed E-state index contributed by atoms with van der Waals surface area (Å²) in [5.74, 6) is 0. The summed E-state index contributed by atoms with van der Waals surface area (Å²) in [6, 6.07) is 17.1. The van der Waals surface area contributed by atoms with Gasteiger partial charge in [-0.25, -0.2) is 0 Å². The Bertz CT molecular complexity index is 894. The number of rotatable bonds is 4. The first kappa shape index (κ1) is 20.1. The molecule has 0 spiro atoms. The maximum absolute atomic E-state index is 10.1. The lowest BCUT2D eigenvalue weighted by Gasteiger charge is -2.29. The number of benzene rings is 2. The van der Waals surface area contributed by atoms with Crippen LogP contribution < -0.4 is 0 Å². The van der Waals surface area contributed by atoms with Crippen molar-refractivity contribution in [3.8, 4) is 6.07 Å². The fraction of sp³-hybridized carbons (Fsp3) is 0.111. The van der Waals surface area contributed by atoms with Crippen molar-refractivity contribution in [2.24, 2.45) is 4.99 Å². The van der Waals surface area contributed by atoms with Crippen molar-refractivity contribution in [2.75, 3.05) is 6.54 Å². The maximum Gasteiger partial charge on any atom is 0.255 e. The fourth-order valence-electron chi connectivity index (χ4n) is 2.63. The number of halogens is 2. The van der Waals surface area contributed by atoms with Crippen molar-refractivity contribution in [1.29, 1.82) is 5.26 Å². The molecule has 2 aromatic rings. The summed E-state index contributed by atoms with van der Waals surface area (Å²) in [4.78, 5) is 13.9. The molecule has 2 aromatic carbocycles. The van der Waals surface area contributed by atoms with Crippen LogP contribution in [0.15, 0.2) is 65.9 Å². The molecular formula is C18H12Cl2N4O3. The second kappa shape index (κ2) is 8.97. The summed E-state index contributed by atoms with van der Waals surface area (Å²) < 4.78 is 0. The predicted octanol–water partition coefficient (Wildman–Crippen LogP) is 4.26. The van der Waals surface area contributed by atoms with Crippen LogP contribution in [0.2, 0.25) is 10.0 Å². The molecule has 0 saturated carbocycles. The van der Waals surface area contributed by atoms with Crippen molar-refractivity contribution < 1.29 is 5.09 Å². The van der Waals surface area contributed by atoms with Gasteiger partial charge in [0.1, 0.15) is 5.41 Å². The van der Waals surface area contributed by atoms with E-state index in [4.69, 9.17) is 38.5 Å². The molecule has 3 rings (SSSR count). The third kappa shape index (κ3) is 4.93. The lowest BCUT2D eigenvalue weighted by molar-refractivity contribution is -0.402. The Kier molecular flexibility index (Phi) is 6.69. The number of nitriles is 1. The van der Waals surface area contributed by atoms with Crippen LogP contribution >= 0.6 is 23.2 Å². The Morgan fingerprint density at radius 2 is 1.81 bits per heavy atom. The summed E-state index contributed by atoms with van der Waals surface area (Å²) in [5, 5.41) is 26.0. The van der Waals surface area contributed by atoms with Crippen molar-refractivity contribution in [2.45, 2.75) is 5.41 Å². The Morgan fingerprint density at radius 3 is 2.33 bits per heavy atom. The zero-order valence-corrected chi connectivity index (χ0v) is 15.3. The average Bonchev–Trinajstić information content (AvgIpc) is 3.14. The largest absolute Gasteiger partial charge is 0.356 e. The SMILES string of the molecule is N#CC(CN1[C+]=NC=C1)(c1ccc(Cl)cc1)c1ccccc1Cl.O=[N+]([O-])[O-]. The van der Waals surface area contributed by atoms with Crippen LogP contribution in [0.25, 0.3) is 0 Å². The Labute approximate surface area is 165 Å². The van der Waals surface area contributed by atoms with Gasteiger partial charge in [0.15, 0.2) is 6.20 Å². The maximum atomic E-state index is 10.1. The molecule has 0 N–H and O–H groups in total. The predicted molar refractivity (Wildman–Crippen MR) is 103 cm³/mol. The Balaban J connectivity index is 0.000000596. The minimum absolute atomic E-state index is 0.356. The van der Waals surface area contributed by atoms with Crippen LogP contribution in [0.4, 0.5) is 0 Å². The van der Waals surface area contributed by atoms with E-state index >= 15 is 0 Å². The van der Waals surface area contributed by atoms with Gasteiger partial charge in [0, 0.05) is 10.0 Å². The van der Waals surface area contributed by atoms with E-state index in [-0.39, 0.29) is 0 Å². The molecule has 0 aliphatic carbocycles. The molecule has 0 radical (unpaired) electrons. The number of nitrogens with zero attached hydrogens (tertiary/aromatic N) is 4. The molecule has 0 aromatic heterocycles. The molecule has 7 nitrogen and oxygen atoms in total. The first-order valence-electron chi connectivity index (χ1n) is 7.51. The number of aliphatic imine (C=N–C) groups is 1. The third-order valence-corrected chi connectivity index (χ3v) is 4.36. The minimum Gasteiger partial charge on any atom is -0.356 e. The molecule has 9 heteroatoms. The average molecular weight is 403 g/mol. The first-order valence-corrected chi connectivity index (χ1v) is 8.27. The van der Waals surface area contributed by atoms with E-state index in [1.54, 1.807) is 35.5 Å². The zero-order valence-electron chi connectivity index (χ0n) is 13.8. The Morgan fingerprint density at radius 1 is 1.19 bits per heavy atom. The van der Waals surface area contributed by atoms with Crippen molar-refractivity contribution in [3.63, 3.8) is 0 Å². The van der Waals surface area contributed by atoms with E-state index in [0.717, 1.165) is 11.1 Å². The molecule has 0 fully saturated rings. The van der Waals surface area contributed by atoms with Crippen molar-refractivity contribution >= 4 is 29.5 Å². The van der Waals surface area contributed by atoms with E-state index < -0.39 is 10.5 Å². The van der Waals surface area contributed by atoms with E-state index in [1.165, 1.54) is 0 Å². The van der Waals surface area contributed by atoms with Gasteiger partial charge >= 0.3 is 0 Å². The number of hydrogen-bond acceptors (Lipinski definition) is 6. The van der Waals surface area contributed by atoms with Gasteiger partial charge in [-0.05, 0) is 34.3 Å². The standard InChI is InChI=1S/C18H12Cl2N3.NO3/c19-15-7-5-14(6-8-15)18(11-21,12-23-10-9-22-13-23)16-3-1-2-4-17(16)20;2-1(3)4/h1-10H,12H2;/q+1;-1. The quantitative estimate of drug-likeness (QED) is 0.431. The van der Waals surface area contributed by atoms with Gasteiger partial charge < -0.3 is 15.3 Å². The highest BCUT2D eigenvalue weighted by Gasteiger charge is 2.40. The second-order valence-corrected chi connectivity index (χ2v) is 6.23. The van der Waals surface area contributed by atoms with Gasteiger partial charge in [-0.3, -0.25) is 0 Å². The van der Waals surface area contributed by atoms with E-state index in [1.807, 2.05) is 30.3 Å². The molecule has 1 aliphatic rings. The molecule has 27 heavy (non-hydrogen) atoms. The van der Waals surface area contributed by atoms with Gasteiger partial charge in [-0.1, -0.05) is 53.5 Å². The summed E-state index contributed by atoms with van der Waals surface area (Å²) in [5.41, 5.74) is 0.605. The van der Waals surface area contributed by atoms with Crippen LogP contribution in [0.3, 0.4) is 0 Å². The Hall–Kier alpha value is -3.17. The normalized spacial score (nSPS) is 13.7. The molecule has 1 unspecified atom stereocenters. The highest BCUT2D eigenvalue weighted by atomic mass is 35.5. The molecule has 1 heterocycles. The van der Waals surface area contributed by atoms with Gasteiger partial charge in [-0.2, -0.15) is 10.2 Å².